The van der Waals surface area contributed by atoms with E-state index < -0.39 is 0 Å². The number of rotatable bonds is 3. The third kappa shape index (κ3) is 4.00. The Morgan fingerprint density at radius 2 is 1.92 bits per heavy atom. The van der Waals surface area contributed by atoms with E-state index in [2.05, 4.69) is 18.2 Å². The third-order valence-electron chi connectivity index (χ3n) is 4.81. The molecule has 0 unspecified atom stereocenters. The molecule has 1 amide bonds. The van der Waals surface area contributed by atoms with Crippen LogP contribution in [0.5, 0.6) is 0 Å². The van der Waals surface area contributed by atoms with Crippen molar-refractivity contribution in [3.05, 3.63) is 59.1 Å². The van der Waals surface area contributed by atoms with Gasteiger partial charge in [-0.1, -0.05) is 24.3 Å². The number of nitrogens with zero attached hydrogens (tertiary/aromatic N) is 2. The number of anilines is 1. The van der Waals surface area contributed by atoms with Crippen LogP contribution in [0.4, 0.5) is 5.69 Å². The lowest BCUT2D eigenvalue weighted by atomic mass is 9.97. The number of benzene rings is 2. The molecule has 1 aromatic heterocycles. The molecule has 0 bridgehead atoms. The first kappa shape index (κ1) is 18.7. The lowest BCUT2D eigenvalue weighted by Crippen LogP contribution is -2.38. The highest BCUT2D eigenvalue weighted by Crippen LogP contribution is 2.33. The number of carbonyl (C=O) groups excluding carboxylic acids is 1. The average Bonchev–Trinajstić information content (AvgIpc) is 3.06. The van der Waals surface area contributed by atoms with Gasteiger partial charge in [-0.2, -0.15) is 0 Å². The Hall–Kier alpha value is -2.11. The van der Waals surface area contributed by atoms with E-state index in [1.807, 2.05) is 35.2 Å². The summed E-state index contributed by atoms with van der Waals surface area (Å²) in [6.45, 7) is 1.61. The summed E-state index contributed by atoms with van der Waals surface area (Å²) in [5, 5.41) is 1.21. The number of carbonyl (C=O) groups is 1. The fourth-order valence-electron chi connectivity index (χ4n) is 3.43. The highest BCUT2D eigenvalue weighted by Gasteiger charge is 2.25. The first-order valence-electron chi connectivity index (χ1n) is 8.67. The van der Waals surface area contributed by atoms with Crippen LogP contribution in [0.15, 0.2) is 48.5 Å². The summed E-state index contributed by atoms with van der Waals surface area (Å²) in [7, 11) is 0. The summed E-state index contributed by atoms with van der Waals surface area (Å²) in [6.07, 6.45) is 2.40. The second-order valence-electron chi connectivity index (χ2n) is 6.60. The number of thiazole rings is 1. The number of amides is 1. The second-order valence-corrected chi connectivity index (χ2v) is 7.66. The molecule has 0 atom stereocenters. The van der Waals surface area contributed by atoms with Crippen molar-refractivity contribution in [1.29, 1.82) is 0 Å². The second kappa shape index (κ2) is 8.06. The van der Waals surface area contributed by atoms with Gasteiger partial charge in [-0.3, -0.25) is 4.79 Å². The predicted octanol–water partition coefficient (Wildman–Crippen LogP) is 4.25. The summed E-state index contributed by atoms with van der Waals surface area (Å²) in [6, 6.07) is 15.9. The maximum absolute atomic E-state index is 12.5. The zero-order valence-electron chi connectivity index (χ0n) is 14.4. The fourth-order valence-corrected chi connectivity index (χ4v) is 4.57. The van der Waals surface area contributed by atoms with Gasteiger partial charge in [-0.05, 0) is 42.7 Å². The van der Waals surface area contributed by atoms with Gasteiger partial charge in [0.1, 0.15) is 0 Å². The van der Waals surface area contributed by atoms with Gasteiger partial charge < -0.3 is 10.6 Å². The molecule has 4 rings (SSSR count). The zero-order chi connectivity index (χ0) is 17.2. The summed E-state index contributed by atoms with van der Waals surface area (Å²) < 4.78 is 1.25. The normalized spacial score (nSPS) is 15.0. The minimum Gasteiger partial charge on any atom is -0.399 e. The number of nitrogens with two attached hydrogens (primary N) is 1. The van der Waals surface area contributed by atoms with E-state index in [0.717, 1.165) is 37.0 Å². The van der Waals surface area contributed by atoms with Crippen LogP contribution in [0, 0.1) is 0 Å². The molecule has 1 aliphatic heterocycles. The Kier molecular flexibility index (Phi) is 5.79. The standard InChI is InChI=1S/C20H21N3OS.ClH/c21-16-5-3-4-14(12-16)13-19(24)23-10-8-15(9-11-23)20-22-17-6-1-2-7-18(17)25-20;/h1-7,12,15H,8-11,13,21H2;1H. The molecule has 136 valence electrons. The number of piperidine rings is 1. The number of para-hydroxylation sites is 1. The highest BCUT2D eigenvalue weighted by atomic mass is 35.5. The van der Waals surface area contributed by atoms with Crippen LogP contribution in [-0.2, 0) is 11.2 Å². The van der Waals surface area contributed by atoms with Gasteiger partial charge in [0.25, 0.3) is 0 Å². The predicted molar refractivity (Wildman–Crippen MR) is 110 cm³/mol. The quantitative estimate of drug-likeness (QED) is 0.683. The van der Waals surface area contributed by atoms with E-state index >= 15 is 0 Å². The topological polar surface area (TPSA) is 59.2 Å². The molecule has 0 aliphatic carbocycles. The van der Waals surface area contributed by atoms with Crippen molar-refractivity contribution in [3.8, 4) is 0 Å². The summed E-state index contributed by atoms with van der Waals surface area (Å²) >= 11 is 1.79. The molecule has 1 aliphatic rings. The lowest BCUT2D eigenvalue weighted by molar-refractivity contribution is -0.131. The van der Waals surface area contributed by atoms with E-state index in [4.69, 9.17) is 10.7 Å². The molecule has 0 spiro atoms. The van der Waals surface area contributed by atoms with Crippen molar-refractivity contribution in [2.45, 2.75) is 25.2 Å². The first-order valence-corrected chi connectivity index (χ1v) is 9.48. The van der Waals surface area contributed by atoms with Crippen LogP contribution in [0.1, 0.15) is 29.3 Å². The summed E-state index contributed by atoms with van der Waals surface area (Å²) in [5.41, 5.74) is 8.58. The van der Waals surface area contributed by atoms with Gasteiger partial charge >= 0.3 is 0 Å². The number of nitrogen functional groups attached to an aromatic ring is 1. The molecular formula is C20H22ClN3OS. The minimum absolute atomic E-state index is 0. The molecule has 26 heavy (non-hydrogen) atoms. The smallest absolute Gasteiger partial charge is 0.226 e. The Bertz CT molecular complexity index is 870. The number of hydrogen-bond acceptors (Lipinski definition) is 4. The molecule has 6 heteroatoms. The Labute approximate surface area is 163 Å². The monoisotopic (exact) mass is 387 g/mol. The number of hydrogen-bond donors (Lipinski definition) is 1. The Morgan fingerprint density at radius 1 is 1.15 bits per heavy atom. The van der Waals surface area contributed by atoms with Gasteiger partial charge in [-0.25, -0.2) is 4.98 Å². The van der Waals surface area contributed by atoms with E-state index in [1.165, 1.54) is 9.71 Å². The van der Waals surface area contributed by atoms with Crippen molar-refractivity contribution in [3.63, 3.8) is 0 Å². The van der Waals surface area contributed by atoms with Crippen LogP contribution in [-0.4, -0.2) is 28.9 Å². The van der Waals surface area contributed by atoms with Crippen molar-refractivity contribution >= 4 is 45.6 Å². The van der Waals surface area contributed by atoms with E-state index in [-0.39, 0.29) is 18.3 Å². The van der Waals surface area contributed by atoms with Crippen molar-refractivity contribution in [2.75, 3.05) is 18.8 Å². The number of aromatic nitrogens is 1. The molecule has 0 radical (unpaired) electrons. The van der Waals surface area contributed by atoms with Crippen LogP contribution < -0.4 is 5.73 Å². The molecular weight excluding hydrogens is 366 g/mol. The van der Waals surface area contributed by atoms with Gasteiger partial charge in [0.15, 0.2) is 0 Å². The minimum atomic E-state index is 0. The Balaban J connectivity index is 0.00000196. The van der Waals surface area contributed by atoms with Crippen molar-refractivity contribution in [2.24, 2.45) is 0 Å². The maximum Gasteiger partial charge on any atom is 0.226 e. The number of halogens is 1. The molecule has 2 heterocycles. The average molecular weight is 388 g/mol. The van der Waals surface area contributed by atoms with Gasteiger partial charge in [-0.15, -0.1) is 23.7 Å². The van der Waals surface area contributed by atoms with Gasteiger partial charge in [0.2, 0.25) is 5.91 Å². The van der Waals surface area contributed by atoms with Gasteiger partial charge in [0, 0.05) is 24.7 Å². The largest absolute Gasteiger partial charge is 0.399 e. The zero-order valence-corrected chi connectivity index (χ0v) is 16.1. The molecule has 4 nitrogen and oxygen atoms in total. The van der Waals surface area contributed by atoms with Gasteiger partial charge in [0.05, 0.1) is 21.6 Å². The molecule has 2 aromatic carbocycles. The number of fused-ring (bicyclic) bond motifs is 1. The SMILES string of the molecule is Cl.Nc1cccc(CC(=O)N2CCC(c3nc4ccccc4s3)CC2)c1. The molecule has 2 N–H and O–H groups in total. The highest BCUT2D eigenvalue weighted by molar-refractivity contribution is 7.18. The number of likely N-dealkylation sites (tertiary alicyclic amines) is 1. The van der Waals surface area contributed by atoms with Crippen molar-refractivity contribution < 1.29 is 4.79 Å². The first-order chi connectivity index (χ1) is 12.2. The fraction of sp³-hybridized carbons (Fsp3) is 0.300. The third-order valence-corrected chi connectivity index (χ3v) is 6.01. The van der Waals surface area contributed by atoms with Crippen LogP contribution in [0.3, 0.4) is 0 Å². The summed E-state index contributed by atoms with van der Waals surface area (Å²) in [5.74, 6) is 0.655. The molecule has 1 fully saturated rings. The molecule has 1 saturated heterocycles. The van der Waals surface area contributed by atoms with E-state index in [1.54, 1.807) is 11.3 Å². The van der Waals surface area contributed by atoms with Crippen molar-refractivity contribution in [1.82, 2.24) is 9.88 Å². The molecule has 0 saturated carbocycles. The lowest BCUT2D eigenvalue weighted by Gasteiger charge is -2.31. The Morgan fingerprint density at radius 3 is 2.65 bits per heavy atom. The van der Waals surface area contributed by atoms with Crippen LogP contribution in [0.2, 0.25) is 0 Å². The molecule has 3 aromatic rings. The summed E-state index contributed by atoms with van der Waals surface area (Å²) in [4.78, 5) is 19.3. The van der Waals surface area contributed by atoms with E-state index in [0.29, 0.717) is 18.0 Å². The van der Waals surface area contributed by atoms with Crippen LogP contribution in [0.25, 0.3) is 10.2 Å². The van der Waals surface area contributed by atoms with Crippen LogP contribution >= 0.6 is 23.7 Å². The maximum atomic E-state index is 12.5. The van der Waals surface area contributed by atoms with E-state index in [9.17, 15) is 4.79 Å².